The van der Waals surface area contributed by atoms with Crippen molar-refractivity contribution in [3.05, 3.63) is 46.5 Å². The van der Waals surface area contributed by atoms with Crippen molar-refractivity contribution in [2.75, 3.05) is 240 Å². The first-order chi connectivity index (χ1) is 41.2. The molecule has 0 saturated carbocycles. The normalized spacial score (nSPS) is 10.7. The molecule has 0 unspecified atom stereocenters. The SMILES string of the molecule is C.CC#Cc1cc(OC(COCCOCCOCCOC)COCCOCCOCCOC)c(C#Cc2cc(OCC(=O)OCC)c(C)cc2OCC(=O)OCC)cc1OC(COCCOCCOCCOC)COCCOCCOCCOC.[Na+].[OH-]. The Morgan fingerprint density at radius 1 is 0.391 bits per heavy atom. The molecule has 25 nitrogen and oxygen atoms in total. The second-order valence-electron chi connectivity index (χ2n) is 17.4. The third-order valence-electron chi connectivity index (χ3n) is 10.8. The van der Waals surface area contributed by atoms with Gasteiger partial charge in [0, 0.05) is 40.6 Å². The van der Waals surface area contributed by atoms with Crippen molar-refractivity contribution >= 4 is 11.9 Å². The summed E-state index contributed by atoms with van der Waals surface area (Å²) in [4.78, 5) is 24.9. The molecule has 0 fully saturated rings. The molecule has 0 radical (unpaired) electrons. The van der Waals surface area contributed by atoms with Crippen LogP contribution in [0.4, 0.5) is 0 Å². The molecule has 0 aliphatic heterocycles. The maximum atomic E-state index is 12.6. The third kappa shape index (κ3) is 45.0. The summed E-state index contributed by atoms with van der Waals surface area (Å²) in [7, 11) is 6.46. The average molecular weight is 1260 g/mol. The summed E-state index contributed by atoms with van der Waals surface area (Å²) in [5, 5.41) is 0. The molecule has 1 N–H and O–H groups in total. The minimum absolute atomic E-state index is 0. The number of esters is 2. The second-order valence-corrected chi connectivity index (χ2v) is 17.4. The van der Waals surface area contributed by atoms with Gasteiger partial charge in [0.2, 0.25) is 0 Å². The van der Waals surface area contributed by atoms with Crippen LogP contribution in [0.3, 0.4) is 0 Å². The van der Waals surface area contributed by atoms with Crippen molar-refractivity contribution in [1.29, 1.82) is 0 Å². The molecule has 0 aromatic heterocycles. The molecule has 2 aromatic rings. The Bertz CT molecular complexity index is 2050. The molecule has 0 amide bonds. The fourth-order valence-corrected chi connectivity index (χ4v) is 6.71. The summed E-state index contributed by atoms with van der Waals surface area (Å²) in [6.07, 6.45) is -1.37. The predicted molar refractivity (Wildman–Crippen MR) is 315 cm³/mol. The molecule has 87 heavy (non-hydrogen) atoms. The Hall–Kier alpha value is -3.98. The molecule has 494 valence electrons. The van der Waals surface area contributed by atoms with E-state index in [0.717, 1.165) is 0 Å². The summed E-state index contributed by atoms with van der Waals surface area (Å²) < 4.78 is 125. The Balaban J connectivity index is 0. The third-order valence-corrected chi connectivity index (χ3v) is 10.8. The van der Waals surface area contributed by atoms with Crippen LogP contribution in [0.25, 0.3) is 0 Å². The number of carbonyl (C=O) groups is 2. The zero-order chi connectivity index (χ0) is 60.8. The Labute approximate surface area is 538 Å². The van der Waals surface area contributed by atoms with Gasteiger partial charge >= 0.3 is 41.5 Å². The van der Waals surface area contributed by atoms with Gasteiger partial charge in [0.25, 0.3) is 0 Å². The van der Waals surface area contributed by atoms with E-state index in [1.807, 2.05) is 0 Å². The number of ether oxygens (including phenoxy) is 22. The first-order valence-corrected chi connectivity index (χ1v) is 28.3. The Kier molecular flexibility index (Phi) is 59.6. The number of aryl methyl sites for hydroxylation is 1. The molecule has 0 heterocycles. The quantitative estimate of drug-likeness (QED) is 0.0392. The molecule has 2 rings (SSSR count). The van der Waals surface area contributed by atoms with Gasteiger partial charge in [-0.05, 0) is 45.4 Å². The van der Waals surface area contributed by atoms with Gasteiger partial charge in [-0.2, -0.15) is 0 Å². The molecule has 0 bridgehead atoms. The summed E-state index contributed by atoms with van der Waals surface area (Å²) in [6.45, 7) is 16.0. The van der Waals surface area contributed by atoms with Crippen LogP contribution >= 0.6 is 0 Å². The number of methoxy groups -OCH3 is 4. The second kappa shape index (κ2) is 60.9. The van der Waals surface area contributed by atoms with Gasteiger partial charge in [0.1, 0.15) is 35.2 Å². The number of benzene rings is 2. The topological polar surface area (TPSA) is 267 Å². The fourth-order valence-electron chi connectivity index (χ4n) is 6.71. The van der Waals surface area contributed by atoms with Crippen LogP contribution in [0.15, 0.2) is 24.3 Å². The molecule has 0 atom stereocenters. The van der Waals surface area contributed by atoms with Gasteiger partial charge in [-0.1, -0.05) is 25.2 Å². The summed E-state index contributed by atoms with van der Waals surface area (Å²) in [6, 6.07) is 6.71. The van der Waals surface area contributed by atoms with Crippen LogP contribution in [-0.2, 0) is 94.9 Å². The van der Waals surface area contributed by atoms with Gasteiger partial charge < -0.3 is 110 Å². The molecule has 0 aliphatic rings. The number of hydrogen-bond acceptors (Lipinski definition) is 25. The Morgan fingerprint density at radius 2 is 0.655 bits per heavy atom. The summed E-state index contributed by atoms with van der Waals surface area (Å²) in [5.74, 6) is 12.7. The predicted octanol–water partition coefficient (Wildman–Crippen LogP) is 1.39. The van der Waals surface area contributed by atoms with Crippen LogP contribution in [0.1, 0.15) is 50.5 Å². The fraction of sp³-hybridized carbons (Fsp3) is 0.705. The largest absolute Gasteiger partial charge is 1.00 e. The van der Waals surface area contributed by atoms with Gasteiger partial charge in [0.05, 0.1) is 215 Å². The van der Waals surface area contributed by atoms with Crippen molar-refractivity contribution in [3.8, 4) is 46.7 Å². The minimum Gasteiger partial charge on any atom is -0.870 e. The van der Waals surface area contributed by atoms with Crippen molar-refractivity contribution in [1.82, 2.24) is 0 Å². The standard InChI is InChI=1S/C60H94O24.CH4.Na.H2O/c1-9-12-50-41-58(84-54(45-77-37-33-73-29-25-69-21-17-65-7)46-78-38-34-74-30-26-70-22-18-66-8)52(14-13-51-40-55(81-47-59(61)79-10-2)49(4)39-56(51)82-48-60(62)80-11-3)42-57(50)83-53(43-75-35-31-71-27-23-67-19-15-63-5)44-76-36-32-72-28-24-68-20-16-64-6;;;/h39-42,53-54H,10-11,15-38,43-48H2,1-8H3;1H4;;1H2/q;;+1;/p-1. The van der Waals surface area contributed by atoms with Crippen LogP contribution in [0.2, 0.25) is 0 Å². The van der Waals surface area contributed by atoms with Crippen LogP contribution in [0.5, 0.6) is 23.0 Å². The molecule has 26 heteroatoms. The molecule has 2 aromatic carbocycles. The molecule has 0 aliphatic carbocycles. The number of carbonyl (C=O) groups excluding carboxylic acids is 2. The van der Waals surface area contributed by atoms with Crippen LogP contribution in [-0.4, -0.2) is 269 Å². The van der Waals surface area contributed by atoms with E-state index in [1.54, 1.807) is 80.4 Å². The minimum atomic E-state index is -0.701. The van der Waals surface area contributed by atoms with Crippen molar-refractivity contribution in [2.24, 2.45) is 0 Å². The zero-order valence-corrected chi connectivity index (χ0v) is 54.3. The van der Waals surface area contributed by atoms with Crippen molar-refractivity contribution in [3.63, 3.8) is 0 Å². The molecular formula is C61H99NaO25. The zero-order valence-electron chi connectivity index (χ0n) is 52.3. The van der Waals surface area contributed by atoms with E-state index in [1.165, 1.54) is 0 Å². The van der Waals surface area contributed by atoms with E-state index in [4.69, 9.17) is 104 Å². The summed E-state index contributed by atoms with van der Waals surface area (Å²) >= 11 is 0. The average Bonchev–Trinajstić information content (AvgIpc) is 3.53. The maximum Gasteiger partial charge on any atom is 1.00 e. The number of rotatable bonds is 56. The molecular weight excluding hydrogens is 1160 g/mol. The van der Waals surface area contributed by atoms with Crippen LogP contribution < -0.4 is 48.5 Å². The number of hydrogen-bond donors (Lipinski definition) is 0. The first kappa shape index (κ1) is 85.1. The smallest absolute Gasteiger partial charge is 0.870 e. The van der Waals surface area contributed by atoms with Gasteiger partial charge in [0.15, 0.2) is 13.2 Å². The van der Waals surface area contributed by atoms with E-state index >= 15 is 0 Å². The van der Waals surface area contributed by atoms with Gasteiger partial charge in [-0.25, -0.2) is 9.59 Å². The van der Waals surface area contributed by atoms with E-state index in [0.29, 0.717) is 172 Å². The first-order valence-electron chi connectivity index (χ1n) is 28.3. The monoisotopic (exact) mass is 1250 g/mol. The summed E-state index contributed by atoms with van der Waals surface area (Å²) in [5.41, 5.74) is 1.71. The van der Waals surface area contributed by atoms with E-state index in [2.05, 4.69) is 23.7 Å². The Morgan fingerprint density at radius 3 is 0.954 bits per heavy atom. The molecule has 0 spiro atoms. The van der Waals surface area contributed by atoms with E-state index in [9.17, 15) is 9.59 Å². The maximum absolute atomic E-state index is 12.6. The molecule has 0 saturated heterocycles. The van der Waals surface area contributed by atoms with Crippen molar-refractivity contribution in [2.45, 2.75) is 47.3 Å². The van der Waals surface area contributed by atoms with Gasteiger partial charge in [-0.3, -0.25) is 0 Å². The van der Waals surface area contributed by atoms with Crippen LogP contribution in [0, 0.1) is 30.6 Å². The van der Waals surface area contributed by atoms with E-state index < -0.39 is 30.8 Å². The van der Waals surface area contributed by atoms with Crippen molar-refractivity contribution < 1.29 is 149 Å². The van der Waals surface area contributed by atoms with Gasteiger partial charge in [-0.15, -0.1) is 5.92 Å². The van der Waals surface area contributed by atoms with E-state index in [-0.39, 0.29) is 121 Å².